The Morgan fingerprint density at radius 1 is 0.433 bits per heavy atom. The largest absolute Gasteiger partial charge is 0.462 e. The number of aliphatic hydroxyl groups is 2. The zero-order valence-electron chi connectivity index (χ0n) is 45.0. The second-order valence-corrected chi connectivity index (χ2v) is 20.4. The molecule has 0 spiro atoms. The smallest absolute Gasteiger partial charge is 0.306 e. The maximum absolute atomic E-state index is 13.3. The van der Waals surface area contributed by atoms with Crippen molar-refractivity contribution in [1.29, 1.82) is 0 Å². The molecule has 6 heteroatoms. The van der Waals surface area contributed by atoms with Crippen LogP contribution in [0.2, 0.25) is 0 Å². The maximum Gasteiger partial charge on any atom is 0.306 e. The van der Waals surface area contributed by atoms with Crippen LogP contribution >= 0.6 is 0 Å². The predicted molar refractivity (Wildman–Crippen MR) is 292 cm³/mol. The molecule has 0 bridgehead atoms. The number of allylic oxidation sites excluding steroid dienone is 6. The number of unbranched alkanes of at least 4 members (excludes halogenated alkanes) is 36. The average molecular weight is 943 g/mol. The van der Waals surface area contributed by atoms with Gasteiger partial charge >= 0.3 is 5.97 Å². The molecule has 0 aromatic heterocycles. The monoisotopic (exact) mass is 942 g/mol. The van der Waals surface area contributed by atoms with Crippen LogP contribution in [0.5, 0.6) is 0 Å². The number of aliphatic hydroxyl groups excluding tert-OH is 2. The molecule has 0 heterocycles. The Kier molecular flexibility index (Phi) is 53.4. The van der Waals surface area contributed by atoms with E-state index in [4.69, 9.17) is 4.74 Å². The first-order valence-corrected chi connectivity index (χ1v) is 29.7. The number of hydrogen-bond donors (Lipinski definition) is 3. The lowest BCUT2D eigenvalue weighted by Gasteiger charge is -2.24. The average Bonchev–Trinajstić information content (AvgIpc) is 3.32. The van der Waals surface area contributed by atoms with Crippen molar-refractivity contribution < 1.29 is 24.5 Å². The Morgan fingerprint density at radius 2 is 0.761 bits per heavy atom. The molecule has 6 nitrogen and oxygen atoms in total. The fourth-order valence-corrected chi connectivity index (χ4v) is 9.16. The molecule has 394 valence electrons. The van der Waals surface area contributed by atoms with Crippen molar-refractivity contribution in [2.45, 2.75) is 334 Å². The van der Waals surface area contributed by atoms with Gasteiger partial charge in [-0.15, -0.1) is 0 Å². The molecule has 0 radical (unpaired) electrons. The minimum Gasteiger partial charge on any atom is -0.462 e. The van der Waals surface area contributed by atoms with Crippen LogP contribution in [0.1, 0.15) is 316 Å². The third kappa shape index (κ3) is 50.3. The molecule has 67 heavy (non-hydrogen) atoms. The molecular weight excluding hydrogens is 827 g/mol. The summed E-state index contributed by atoms with van der Waals surface area (Å²) in [6.07, 6.45) is 66.3. The standard InChI is InChI=1S/C61H115NO5/c1-4-7-10-13-16-19-22-25-28-30-32-34-37-40-43-46-49-52-57(67-61(66)54-51-48-45-42-39-36-31-27-24-21-18-15-12-9-6-3)55-60(65)62-58(56-63)59(64)53-50-47-44-41-38-35-33-29-26-23-20-17-14-11-8-5-2/h16,19,21,24-25,28,57-59,63-64H,4-15,17-18,20,22-23,26-27,29-56H2,1-3H3,(H,62,65)/b19-16-,24-21-,28-25-. The molecule has 3 unspecified atom stereocenters. The number of ether oxygens (including phenoxy) is 1. The van der Waals surface area contributed by atoms with E-state index in [1.54, 1.807) is 0 Å². The molecule has 0 aliphatic heterocycles. The Labute approximate surface area is 417 Å². The van der Waals surface area contributed by atoms with Crippen molar-refractivity contribution in [3.63, 3.8) is 0 Å². The lowest BCUT2D eigenvalue weighted by atomic mass is 10.0. The van der Waals surface area contributed by atoms with Gasteiger partial charge in [-0.05, 0) is 83.5 Å². The third-order valence-electron chi connectivity index (χ3n) is 13.7. The van der Waals surface area contributed by atoms with Crippen molar-refractivity contribution in [3.8, 4) is 0 Å². The number of carbonyl (C=O) groups excluding carboxylic acids is 2. The third-order valence-corrected chi connectivity index (χ3v) is 13.7. The molecule has 3 atom stereocenters. The van der Waals surface area contributed by atoms with Crippen LogP contribution in [0.15, 0.2) is 36.5 Å². The van der Waals surface area contributed by atoms with Gasteiger partial charge in [0.1, 0.15) is 6.10 Å². The first kappa shape index (κ1) is 65.1. The minimum atomic E-state index is -0.790. The van der Waals surface area contributed by atoms with Gasteiger partial charge in [-0.1, -0.05) is 256 Å². The number of rotatable bonds is 54. The van der Waals surface area contributed by atoms with Gasteiger partial charge in [0.05, 0.1) is 25.2 Å². The lowest BCUT2D eigenvalue weighted by Crippen LogP contribution is -2.46. The first-order chi connectivity index (χ1) is 33.0. The van der Waals surface area contributed by atoms with Crippen LogP contribution in [0.3, 0.4) is 0 Å². The first-order valence-electron chi connectivity index (χ1n) is 29.7. The molecule has 0 fully saturated rings. The van der Waals surface area contributed by atoms with E-state index < -0.39 is 18.2 Å². The molecule has 0 aliphatic rings. The fourth-order valence-electron chi connectivity index (χ4n) is 9.16. The van der Waals surface area contributed by atoms with Gasteiger partial charge in [0, 0.05) is 6.42 Å². The van der Waals surface area contributed by atoms with Gasteiger partial charge in [0.25, 0.3) is 0 Å². The van der Waals surface area contributed by atoms with E-state index in [9.17, 15) is 19.8 Å². The summed E-state index contributed by atoms with van der Waals surface area (Å²) in [5, 5.41) is 23.9. The molecule has 0 saturated carbocycles. The van der Waals surface area contributed by atoms with Gasteiger partial charge in [-0.3, -0.25) is 9.59 Å². The van der Waals surface area contributed by atoms with E-state index in [2.05, 4.69) is 62.5 Å². The molecule has 0 saturated heterocycles. The Balaban J connectivity index is 4.55. The zero-order valence-corrected chi connectivity index (χ0v) is 45.0. The van der Waals surface area contributed by atoms with Crippen LogP contribution in [0, 0.1) is 0 Å². The highest BCUT2D eigenvalue weighted by atomic mass is 16.5. The normalized spacial score (nSPS) is 13.3. The van der Waals surface area contributed by atoms with Gasteiger partial charge in [-0.2, -0.15) is 0 Å². The summed E-state index contributed by atoms with van der Waals surface area (Å²) < 4.78 is 5.97. The lowest BCUT2D eigenvalue weighted by molar-refractivity contribution is -0.151. The Morgan fingerprint density at radius 3 is 1.19 bits per heavy atom. The molecule has 0 rings (SSSR count). The van der Waals surface area contributed by atoms with E-state index in [1.165, 1.54) is 205 Å². The van der Waals surface area contributed by atoms with Crippen LogP contribution in [0.4, 0.5) is 0 Å². The second kappa shape index (κ2) is 55.0. The van der Waals surface area contributed by atoms with Crippen LogP contribution < -0.4 is 5.32 Å². The van der Waals surface area contributed by atoms with E-state index in [0.717, 1.165) is 64.2 Å². The van der Waals surface area contributed by atoms with Crippen molar-refractivity contribution in [1.82, 2.24) is 5.32 Å². The van der Waals surface area contributed by atoms with Crippen molar-refractivity contribution >= 4 is 11.9 Å². The van der Waals surface area contributed by atoms with E-state index >= 15 is 0 Å². The minimum absolute atomic E-state index is 0.0736. The second-order valence-electron chi connectivity index (χ2n) is 20.4. The maximum atomic E-state index is 13.3. The summed E-state index contributed by atoms with van der Waals surface area (Å²) in [4.78, 5) is 26.3. The van der Waals surface area contributed by atoms with Crippen molar-refractivity contribution in [3.05, 3.63) is 36.5 Å². The number of amides is 1. The summed E-state index contributed by atoms with van der Waals surface area (Å²) in [5.74, 6) is -0.471. The van der Waals surface area contributed by atoms with Crippen LogP contribution in [0.25, 0.3) is 0 Å². The van der Waals surface area contributed by atoms with E-state index in [0.29, 0.717) is 19.3 Å². The topological polar surface area (TPSA) is 95.9 Å². The summed E-state index contributed by atoms with van der Waals surface area (Å²) >= 11 is 0. The number of carbonyl (C=O) groups is 2. The number of hydrogen-bond acceptors (Lipinski definition) is 5. The Hall–Kier alpha value is -1.92. The number of esters is 1. The highest BCUT2D eigenvalue weighted by Gasteiger charge is 2.24. The molecule has 0 aromatic rings. The SMILES string of the molecule is CCCCC/C=C\C/C=C\CCCCCCCCCC(CC(=O)NC(CO)C(O)CCCCCCCCCCCCCCCCCC)OC(=O)CCCCCCCCC/C=C\CCCCCC. The van der Waals surface area contributed by atoms with Crippen LogP contribution in [-0.2, 0) is 14.3 Å². The van der Waals surface area contributed by atoms with E-state index in [1.807, 2.05) is 0 Å². The fraction of sp³-hybridized carbons (Fsp3) is 0.869. The summed E-state index contributed by atoms with van der Waals surface area (Å²) in [6, 6.07) is -0.704. The predicted octanol–water partition coefficient (Wildman–Crippen LogP) is 18.4. The summed E-state index contributed by atoms with van der Waals surface area (Å²) in [6.45, 7) is 6.48. The molecular formula is C61H115NO5. The van der Waals surface area contributed by atoms with Crippen LogP contribution in [-0.4, -0.2) is 46.9 Å². The summed E-state index contributed by atoms with van der Waals surface area (Å²) in [7, 11) is 0. The highest BCUT2D eigenvalue weighted by Crippen LogP contribution is 2.19. The van der Waals surface area contributed by atoms with Crippen molar-refractivity contribution in [2.75, 3.05) is 6.61 Å². The van der Waals surface area contributed by atoms with Gasteiger partial charge in [0.15, 0.2) is 0 Å². The molecule has 0 aromatic carbocycles. The summed E-state index contributed by atoms with van der Waals surface area (Å²) in [5.41, 5.74) is 0. The van der Waals surface area contributed by atoms with Crippen molar-refractivity contribution in [2.24, 2.45) is 0 Å². The van der Waals surface area contributed by atoms with Gasteiger partial charge in [-0.25, -0.2) is 0 Å². The quantitative estimate of drug-likeness (QED) is 0.0321. The highest BCUT2D eigenvalue weighted by molar-refractivity contribution is 5.77. The van der Waals surface area contributed by atoms with Gasteiger partial charge in [0.2, 0.25) is 5.91 Å². The molecule has 1 amide bonds. The molecule has 3 N–H and O–H groups in total. The Bertz CT molecular complexity index is 1100. The number of nitrogens with one attached hydrogen (secondary N) is 1. The zero-order chi connectivity index (χ0) is 48.8. The van der Waals surface area contributed by atoms with Gasteiger partial charge < -0.3 is 20.3 Å². The molecule has 0 aliphatic carbocycles. The van der Waals surface area contributed by atoms with E-state index in [-0.39, 0.29) is 24.9 Å².